The number of ether oxygens (including phenoxy) is 1. The van der Waals surface area contributed by atoms with Crippen LogP contribution in [0.15, 0.2) is 23.0 Å². The van der Waals surface area contributed by atoms with Gasteiger partial charge < -0.3 is 19.4 Å². The SMILES string of the molecule is CN(CCNCc1ccoc1)C1CCOCC1. The minimum atomic E-state index is 0.694. The molecule has 0 unspecified atom stereocenters. The minimum Gasteiger partial charge on any atom is -0.472 e. The molecule has 1 aliphatic heterocycles. The van der Waals surface area contributed by atoms with E-state index in [0.717, 1.165) is 45.7 Å². The summed E-state index contributed by atoms with van der Waals surface area (Å²) < 4.78 is 10.4. The summed E-state index contributed by atoms with van der Waals surface area (Å²) in [6.07, 6.45) is 5.83. The number of furan rings is 1. The van der Waals surface area contributed by atoms with Gasteiger partial charge in [-0.15, -0.1) is 0 Å². The van der Waals surface area contributed by atoms with Gasteiger partial charge in [-0.05, 0) is 26.0 Å². The average molecular weight is 238 g/mol. The molecule has 2 rings (SSSR count). The summed E-state index contributed by atoms with van der Waals surface area (Å²) in [6, 6.07) is 2.69. The molecule has 17 heavy (non-hydrogen) atoms. The largest absolute Gasteiger partial charge is 0.472 e. The molecule has 0 aliphatic carbocycles. The zero-order valence-electron chi connectivity index (χ0n) is 10.5. The van der Waals surface area contributed by atoms with Gasteiger partial charge in [0, 0.05) is 44.5 Å². The summed E-state index contributed by atoms with van der Waals surface area (Å²) in [5, 5.41) is 3.42. The summed E-state index contributed by atoms with van der Waals surface area (Å²) in [7, 11) is 2.20. The molecule has 1 fully saturated rings. The van der Waals surface area contributed by atoms with Crippen LogP contribution in [0.2, 0.25) is 0 Å². The van der Waals surface area contributed by atoms with E-state index in [1.165, 1.54) is 5.56 Å². The molecule has 0 bridgehead atoms. The lowest BCUT2D eigenvalue weighted by Crippen LogP contribution is -2.40. The topological polar surface area (TPSA) is 37.6 Å². The fourth-order valence-electron chi connectivity index (χ4n) is 2.19. The van der Waals surface area contributed by atoms with Gasteiger partial charge in [0.1, 0.15) is 0 Å². The molecule has 4 nitrogen and oxygen atoms in total. The first kappa shape index (κ1) is 12.6. The van der Waals surface area contributed by atoms with Crippen LogP contribution in [0, 0.1) is 0 Å². The smallest absolute Gasteiger partial charge is 0.0947 e. The van der Waals surface area contributed by atoms with E-state index in [-0.39, 0.29) is 0 Å². The van der Waals surface area contributed by atoms with Gasteiger partial charge in [0.25, 0.3) is 0 Å². The molecule has 0 aromatic carbocycles. The Hall–Kier alpha value is -0.840. The van der Waals surface area contributed by atoms with E-state index in [2.05, 4.69) is 17.3 Å². The number of hydrogen-bond acceptors (Lipinski definition) is 4. The van der Waals surface area contributed by atoms with Gasteiger partial charge in [0.05, 0.1) is 12.5 Å². The number of hydrogen-bond donors (Lipinski definition) is 1. The normalized spacial score (nSPS) is 17.8. The molecule has 0 saturated carbocycles. The van der Waals surface area contributed by atoms with Crippen LogP contribution in [0.3, 0.4) is 0 Å². The molecular weight excluding hydrogens is 216 g/mol. The lowest BCUT2D eigenvalue weighted by molar-refractivity contribution is 0.0434. The third-order valence-electron chi connectivity index (χ3n) is 3.36. The van der Waals surface area contributed by atoms with Crippen molar-refractivity contribution in [3.63, 3.8) is 0 Å². The Bertz CT molecular complexity index is 294. The predicted molar refractivity (Wildman–Crippen MR) is 66.9 cm³/mol. The quantitative estimate of drug-likeness (QED) is 0.762. The van der Waals surface area contributed by atoms with Crippen LogP contribution in [0.4, 0.5) is 0 Å². The van der Waals surface area contributed by atoms with Crippen molar-refractivity contribution in [1.29, 1.82) is 0 Å². The Morgan fingerprint density at radius 2 is 2.24 bits per heavy atom. The highest BCUT2D eigenvalue weighted by atomic mass is 16.5. The molecule has 0 atom stereocenters. The average Bonchev–Trinajstić information content (AvgIpc) is 2.88. The third kappa shape index (κ3) is 4.15. The number of nitrogens with one attached hydrogen (secondary N) is 1. The molecule has 1 saturated heterocycles. The molecule has 1 N–H and O–H groups in total. The summed E-state index contributed by atoms with van der Waals surface area (Å²) in [5.41, 5.74) is 1.21. The molecule has 1 aliphatic rings. The predicted octanol–water partition coefficient (Wildman–Crippen LogP) is 1.48. The summed E-state index contributed by atoms with van der Waals surface area (Å²) in [4.78, 5) is 2.44. The lowest BCUT2D eigenvalue weighted by atomic mass is 10.1. The highest BCUT2D eigenvalue weighted by Gasteiger charge is 2.17. The first-order chi connectivity index (χ1) is 8.36. The summed E-state index contributed by atoms with van der Waals surface area (Å²) >= 11 is 0. The van der Waals surface area contributed by atoms with Crippen LogP contribution in [-0.4, -0.2) is 44.3 Å². The second kappa shape index (κ2) is 6.79. The van der Waals surface area contributed by atoms with Gasteiger partial charge in [0.2, 0.25) is 0 Å². The van der Waals surface area contributed by atoms with Crippen molar-refractivity contribution >= 4 is 0 Å². The van der Waals surface area contributed by atoms with Crippen LogP contribution in [0.5, 0.6) is 0 Å². The zero-order chi connectivity index (χ0) is 11.9. The van der Waals surface area contributed by atoms with Gasteiger partial charge in [0.15, 0.2) is 0 Å². The Labute approximate surface area is 103 Å². The van der Waals surface area contributed by atoms with Crippen molar-refractivity contribution in [2.45, 2.75) is 25.4 Å². The molecule has 4 heteroatoms. The van der Waals surface area contributed by atoms with Gasteiger partial charge in [-0.1, -0.05) is 0 Å². The standard InChI is InChI=1S/C13H22N2O2/c1-15(13-3-8-16-9-4-13)6-5-14-10-12-2-7-17-11-12/h2,7,11,13-14H,3-6,8-10H2,1H3. The lowest BCUT2D eigenvalue weighted by Gasteiger charge is -2.31. The van der Waals surface area contributed by atoms with Crippen molar-refractivity contribution in [2.24, 2.45) is 0 Å². The van der Waals surface area contributed by atoms with Crippen molar-refractivity contribution in [1.82, 2.24) is 10.2 Å². The van der Waals surface area contributed by atoms with E-state index >= 15 is 0 Å². The van der Waals surface area contributed by atoms with E-state index in [0.29, 0.717) is 6.04 Å². The highest BCUT2D eigenvalue weighted by molar-refractivity contribution is 5.04. The van der Waals surface area contributed by atoms with Crippen molar-refractivity contribution in [3.8, 4) is 0 Å². The van der Waals surface area contributed by atoms with E-state index in [9.17, 15) is 0 Å². The number of rotatable bonds is 6. The molecule has 0 amide bonds. The van der Waals surface area contributed by atoms with Crippen LogP contribution in [0.1, 0.15) is 18.4 Å². The molecule has 0 spiro atoms. The first-order valence-corrected chi connectivity index (χ1v) is 6.36. The highest BCUT2D eigenvalue weighted by Crippen LogP contribution is 2.11. The van der Waals surface area contributed by atoms with Gasteiger partial charge >= 0.3 is 0 Å². The van der Waals surface area contributed by atoms with Gasteiger partial charge in [-0.25, -0.2) is 0 Å². The Kier molecular flexibility index (Phi) is 5.04. The molecule has 1 aromatic rings. The van der Waals surface area contributed by atoms with Crippen LogP contribution >= 0.6 is 0 Å². The van der Waals surface area contributed by atoms with Gasteiger partial charge in [-0.2, -0.15) is 0 Å². The van der Waals surface area contributed by atoms with Crippen LogP contribution in [0.25, 0.3) is 0 Å². The third-order valence-corrected chi connectivity index (χ3v) is 3.36. The van der Waals surface area contributed by atoms with Crippen molar-refractivity contribution in [3.05, 3.63) is 24.2 Å². The van der Waals surface area contributed by atoms with E-state index in [1.54, 1.807) is 12.5 Å². The van der Waals surface area contributed by atoms with E-state index in [4.69, 9.17) is 9.15 Å². The van der Waals surface area contributed by atoms with Gasteiger partial charge in [-0.3, -0.25) is 0 Å². The Balaban J connectivity index is 1.57. The summed E-state index contributed by atoms with van der Waals surface area (Å²) in [5.74, 6) is 0. The maximum absolute atomic E-state index is 5.37. The Morgan fingerprint density at radius 3 is 2.94 bits per heavy atom. The van der Waals surface area contributed by atoms with Crippen molar-refractivity contribution < 1.29 is 9.15 Å². The minimum absolute atomic E-state index is 0.694. The second-order valence-corrected chi connectivity index (χ2v) is 4.63. The van der Waals surface area contributed by atoms with Crippen LogP contribution < -0.4 is 5.32 Å². The molecule has 2 heterocycles. The first-order valence-electron chi connectivity index (χ1n) is 6.36. The summed E-state index contributed by atoms with van der Waals surface area (Å²) in [6.45, 7) is 4.81. The zero-order valence-corrected chi connectivity index (χ0v) is 10.5. The van der Waals surface area contributed by atoms with E-state index < -0.39 is 0 Å². The monoisotopic (exact) mass is 238 g/mol. The van der Waals surface area contributed by atoms with Crippen molar-refractivity contribution in [2.75, 3.05) is 33.4 Å². The molecular formula is C13H22N2O2. The molecule has 1 aromatic heterocycles. The van der Waals surface area contributed by atoms with Crippen LogP contribution in [-0.2, 0) is 11.3 Å². The van der Waals surface area contributed by atoms with E-state index in [1.807, 2.05) is 6.07 Å². The maximum Gasteiger partial charge on any atom is 0.0947 e. The maximum atomic E-state index is 5.37. The molecule has 0 radical (unpaired) electrons. The fourth-order valence-corrected chi connectivity index (χ4v) is 2.19. The fraction of sp³-hybridized carbons (Fsp3) is 0.692. The molecule has 96 valence electrons. The second-order valence-electron chi connectivity index (χ2n) is 4.63. The number of likely N-dealkylation sites (N-methyl/N-ethyl adjacent to an activating group) is 1. The number of nitrogens with zero attached hydrogens (tertiary/aromatic N) is 1. The Morgan fingerprint density at radius 1 is 1.41 bits per heavy atom.